The lowest BCUT2D eigenvalue weighted by Gasteiger charge is -2.16. The van der Waals surface area contributed by atoms with E-state index in [1.807, 2.05) is 54.7 Å². The van der Waals surface area contributed by atoms with E-state index in [4.69, 9.17) is 16.3 Å². The van der Waals surface area contributed by atoms with Crippen molar-refractivity contribution >= 4 is 23.5 Å². The summed E-state index contributed by atoms with van der Waals surface area (Å²) in [6, 6.07) is 29.0. The van der Waals surface area contributed by atoms with E-state index in [0.717, 1.165) is 34.7 Å². The molecule has 0 fully saturated rings. The molecule has 5 N–H and O–H groups in total. The largest absolute Gasteiger partial charge is 0.376 e. The van der Waals surface area contributed by atoms with Crippen molar-refractivity contribution in [2.75, 3.05) is 17.7 Å². The van der Waals surface area contributed by atoms with Crippen LogP contribution in [-0.4, -0.2) is 37.0 Å². The minimum absolute atomic E-state index is 0.0233. The molecule has 0 amide bonds. The van der Waals surface area contributed by atoms with Crippen LogP contribution in [0.3, 0.4) is 0 Å². The SMILES string of the molecule is CC(Nc1ncc[nH]1)c1ccccc1.CCC(Nc1ncc[nH]1)c1ccccc1.COC(Cc1ncc[nH]1)c1cccc(Cl)c1. The molecule has 3 aromatic carbocycles. The Balaban J connectivity index is 0.000000154. The summed E-state index contributed by atoms with van der Waals surface area (Å²) in [7, 11) is 1.69. The van der Waals surface area contributed by atoms with Crippen LogP contribution in [-0.2, 0) is 11.2 Å². The summed E-state index contributed by atoms with van der Waals surface area (Å²) in [5.74, 6) is 2.54. The Morgan fingerprint density at radius 3 is 1.82 bits per heavy atom. The fourth-order valence-electron chi connectivity index (χ4n) is 4.62. The van der Waals surface area contributed by atoms with Crippen molar-refractivity contribution in [2.45, 2.75) is 44.9 Å². The second kappa shape index (κ2) is 18.1. The molecule has 6 aromatic rings. The van der Waals surface area contributed by atoms with Gasteiger partial charge in [0.05, 0.1) is 18.2 Å². The van der Waals surface area contributed by atoms with E-state index in [-0.39, 0.29) is 12.1 Å². The number of nitrogens with one attached hydrogen (secondary N) is 5. The van der Waals surface area contributed by atoms with E-state index in [9.17, 15) is 0 Å². The number of halogens is 1. The van der Waals surface area contributed by atoms with E-state index in [0.29, 0.717) is 12.5 Å². The van der Waals surface area contributed by atoms with Gasteiger partial charge >= 0.3 is 0 Å². The van der Waals surface area contributed by atoms with Gasteiger partial charge in [-0.2, -0.15) is 0 Å². The van der Waals surface area contributed by atoms with Gasteiger partial charge in [-0.1, -0.05) is 91.3 Å². The number of hydrogen-bond donors (Lipinski definition) is 5. The molecule has 0 radical (unpaired) electrons. The average Bonchev–Trinajstić information content (AvgIpc) is 3.89. The van der Waals surface area contributed by atoms with Gasteiger partial charge in [-0.3, -0.25) is 0 Å². The number of ether oxygens (including phenoxy) is 1. The summed E-state index contributed by atoms with van der Waals surface area (Å²) in [6.45, 7) is 4.27. The fraction of sp³-hybridized carbons (Fsp3) is 0.229. The van der Waals surface area contributed by atoms with Crippen molar-refractivity contribution in [1.29, 1.82) is 0 Å². The molecule has 0 saturated carbocycles. The van der Waals surface area contributed by atoms with Crippen LogP contribution in [0, 0.1) is 0 Å². The summed E-state index contributed by atoms with van der Waals surface area (Å²) < 4.78 is 5.45. The zero-order chi connectivity index (χ0) is 31.7. The molecule has 3 heterocycles. The quantitative estimate of drug-likeness (QED) is 0.0985. The van der Waals surface area contributed by atoms with Crippen LogP contribution in [0.5, 0.6) is 0 Å². The van der Waals surface area contributed by atoms with Gasteiger partial charge in [0.2, 0.25) is 11.9 Å². The first-order valence-corrected chi connectivity index (χ1v) is 15.3. The molecule has 0 aliphatic heterocycles. The lowest BCUT2D eigenvalue weighted by atomic mass is 10.1. The molecule has 0 aliphatic carbocycles. The Kier molecular flexibility index (Phi) is 13.3. The van der Waals surface area contributed by atoms with Gasteiger partial charge < -0.3 is 30.3 Å². The molecule has 3 aromatic heterocycles. The van der Waals surface area contributed by atoms with Crippen LogP contribution in [0.25, 0.3) is 0 Å². The lowest BCUT2D eigenvalue weighted by Crippen LogP contribution is -2.10. The van der Waals surface area contributed by atoms with Crippen LogP contribution in [0.1, 0.15) is 61.0 Å². The summed E-state index contributed by atoms with van der Waals surface area (Å²) in [4.78, 5) is 21.6. The third-order valence-corrected chi connectivity index (χ3v) is 7.24. The summed E-state index contributed by atoms with van der Waals surface area (Å²) in [6.07, 6.45) is 12.4. The van der Waals surface area contributed by atoms with Crippen molar-refractivity contribution in [3.05, 3.63) is 150 Å². The first-order valence-electron chi connectivity index (χ1n) is 14.9. The minimum atomic E-state index is -0.0233. The Bertz CT molecular complexity index is 1580. The Morgan fingerprint density at radius 1 is 0.711 bits per heavy atom. The first-order chi connectivity index (χ1) is 22.1. The number of benzene rings is 3. The molecule has 10 heteroatoms. The molecule has 3 unspecified atom stereocenters. The number of anilines is 2. The maximum atomic E-state index is 5.95. The monoisotopic (exact) mass is 624 g/mol. The Morgan fingerprint density at radius 2 is 1.29 bits per heavy atom. The minimum Gasteiger partial charge on any atom is -0.376 e. The van der Waals surface area contributed by atoms with E-state index >= 15 is 0 Å². The highest BCUT2D eigenvalue weighted by Gasteiger charge is 2.13. The van der Waals surface area contributed by atoms with E-state index < -0.39 is 0 Å². The molecular formula is C35H41ClN8O. The number of imidazole rings is 3. The van der Waals surface area contributed by atoms with Gasteiger partial charge in [0, 0.05) is 55.7 Å². The Hall–Kier alpha value is -4.86. The van der Waals surface area contributed by atoms with Gasteiger partial charge in [-0.15, -0.1) is 0 Å². The van der Waals surface area contributed by atoms with Crippen molar-refractivity contribution in [3.8, 4) is 0 Å². The lowest BCUT2D eigenvalue weighted by molar-refractivity contribution is 0.102. The molecule has 3 atom stereocenters. The summed E-state index contributed by atoms with van der Waals surface area (Å²) in [5, 5.41) is 7.35. The molecule has 0 aliphatic rings. The molecule has 0 bridgehead atoms. The first kappa shape index (κ1) is 33.0. The summed E-state index contributed by atoms with van der Waals surface area (Å²) in [5.41, 5.74) is 3.60. The van der Waals surface area contributed by atoms with Crippen molar-refractivity contribution in [1.82, 2.24) is 29.9 Å². The number of nitrogens with zero attached hydrogens (tertiary/aromatic N) is 3. The molecular weight excluding hydrogens is 584 g/mol. The van der Waals surface area contributed by atoms with Crippen LogP contribution in [0.2, 0.25) is 5.02 Å². The van der Waals surface area contributed by atoms with E-state index in [2.05, 4.69) is 90.8 Å². The number of aromatic nitrogens is 6. The van der Waals surface area contributed by atoms with Crippen LogP contribution in [0.4, 0.5) is 11.9 Å². The fourth-order valence-corrected chi connectivity index (χ4v) is 4.82. The number of hydrogen-bond acceptors (Lipinski definition) is 6. The normalized spacial score (nSPS) is 12.4. The summed E-state index contributed by atoms with van der Waals surface area (Å²) >= 11 is 5.95. The third kappa shape index (κ3) is 11.0. The van der Waals surface area contributed by atoms with Gasteiger partial charge in [0.15, 0.2) is 0 Å². The van der Waals surface area contributed by atoms with Gasteiger partial charge in [0.25, 0.3) is 0 Å². The number of aromatic amines is 3. The van der Waals surface area contributed by atoms with Gasteiger partial charge in [-0.25, -0.2) is 15.0 Å². The maximum absolute atomic E-state index is 5.95. The van der Waals surface area contributed by atoms with E-state index in [1.165, 1.54) is 11.1 Å². The predicted octanol–water partition coefficient (Wildman–Crippen LogP) is 8.55. The smallest absolute Gasteiger partial charge is 0.200 e. The zero-order valence-electron chi connectivity index (χ0n) is 25.8. The Labute approximate surface area is 269 Å². The molecule has 0 spiro atoms. The number of rotatable bonds is 11. The van der Waals surface area contributed by atoms with Gasteiger partial charge in [-0.05, 0) is 42.2 Å². The van der Waals surface area contributed by atoms with Crippen molar-refractivity contribution in [3.63, 3.8) is 0 Å². The highest BCUT2D eigenvalue weighted by molar-refractivity contribution is 6.30. The second-order valence-corrected chi connectivity index (χ2v) is 10.6. The second-order valence-electron chi connectivity index (χ2n) is 10.2. The number of H-pyrrole nitrogens is 3. The zero-order valence-corrected chi connectivity index (χ0v) is 26.6. The average molecular weight is 625 g/mol. The predicted molar refractivity (Wildman–Crippen MR) is 182 cm³/mol. The van der Waals surface area contributed by atoms with E-state index in [1.54, 1.807) is 38.1 Å². The topological polar surface area (TPSA) is 119 Å². The highest BCUT2D eigenvalue weighted by Crippen LogP contribution is 2.23. The molecule has 6 rings (SSSR count). The number of methoxy groups -OCH3 is 1. The van der Waals surface area contributed by atoms with Gasteiger partial charge in [0.1, 0.15) is 5.82 Å². The van der Waals surface area contributed by atoms with Crippen LogP contribution in [0.15, 0.2) is 122 Å². The molecule has 45 heavy (non-hydrogen) atoms. The van der Waals surface area contributed by atoms with Crippen LogP contribution >= 0.6 is 11.6 Å². The molecule has 234 valence electrons. The standard InChI is InChI=1S/C12H13ClN2O.C12H15N3.C11H13N3/c1-16-11(8-12-14-5-6-15-12)9-3-2-4-10(13)7-9;1-2-11(10-6-4-3-5-7-10)15-12-13-8-9-14-12;1-9(10-5-3-2-4-6-10)14-11-12-7-8-13-11/h2-7,11H,8H2,1H3,(H,14,15);3-9,11H,2H2,1H3,(H2,13,14,15);2-9H,1H3,(H2,12,13,14). The molecule has 9 nitrogen and oxygen atoms in total. The highest BCUT2D eigenvalue weighted by atomic mass is 35.5. The van der Waals surface area contributed by atoms with Crippen molar-refractivity contribution in [2.24, 2.45) is 0 Å². The molecule has 0 saturated heterocycles. The third-order valence-electron chi connectivity index (χ3n) is 7.01. The van der Waals surface area contributed by atoms with Crippen LogP contribution < -0.4 is 10.6 Å². The maximum Gasteiger partial charge on any atom is 0.200 e. The van der Waals surface area contributed by atoms with Crippen molar-refractivity contribution < 1.29 is 4.74 Å².